The van der Waals surface area contributed by atoms with Crippen LogP contribution >= 0.6 is 11.6 Å². The van der Waals surface area contributed by atoms with E-state index in [4.69, 9.17) is 16.0 Å². The lowest BCUT2D eigenvalue weighted by atomic mass is 10.2. The van der Waals surface area contributed by atoms with Gasteiger partial charge in [0.15, 0.2) is 11.2 Å². The third-order valence-electron chi connectivity index (χ3n) is 4.28. The topological polar surface area (TPSA) is 114 Å². The molecule has 1 aliphatic rings. The Morgan fingerprint density at radius 1 is 1.30 bits per heavy atom. The van der Waals surface area contributed by atoms with Gasteiger partial charge in [-0.25, -0.2) is 9.78 Å². The number of hydrogen-bond donors (Lipinski definition) is 1. The second-order valence-electron chi connectivity index (χ2n) is 6.11. The van der Waals surface area contributed by atoms with Gasteiger partial charge in [0.25, 0.3) is 5.69 Å². The molecule has 3 heterocycles. The number of anilines is 1. The van der Waals surface area contributed by atoms with Crippen LogP contribution in [0.4, 0.5) is 16.2 Å². The minimum atomic E-state index is -0.559. The number of halogens is 1. The summed E-state index contributed by atoms with van der Waals surface area (Å²) in [5.41, 5.74) is 1.23. The van der Waals surface area contributed by atoms with Gasteiger partial charge >= 0.3 is 6.03 Å². The Kier molecular flexibility index (Phi) is 4.36. The highest BCUT2D eigenvalue weighted by Crippen LogP contribution is 2.32. The molecule has 0 unspecified atom stereocenters. The summed E-state index contributed by atoms with van der Waals surface area (Å²) >= 11 is 6.25. The minimum absolute atomic E-state index is 0.167. The van der Waals surface area contributed by atoms with Crippen LogP contribution < -0.4 is 5.32 Å². The van der Waals surface area contributed by atoms with Crippen molar-refractivity contribution in [3.63, 3.8) is 0 Å². The van der Waals surface area contributed by atoms with E-state index >= 15 is 0 Å². The maximum absolute atomic E-state index is 12.3. The van der Waals surface area contributed by atoms with Gasteiger partial charge in [0.2, 0.25) is 5.89 Å². The summed E-state index contributed by atoms with van der Waals surface area (Å²) in [7, 11) is 0. The number of carbonyl (C=O) groups is 1. The quantitative estimate of drug-likeness (QED) is 0.535. The third kappa shape index (κ3) is 3.41. The molecular weight excluding hydrogens is 374 g/mol. The minimum Gasteiger partial charge on any atom is -0.434 e. The van der Waals surface area contributed by atoms with Crippen molar-refractivity contribution < 1.29 is 14.1 Å². The fraction of sp³-hybridized carbons (Fsp3) is 0.235. The van der Waals surface area contributed by atoms with E-state index in [0.717, 1.165) is 32.1 Å². The molecule has 10 heteroatoms. The first kappa shape index (κ1) is 17.2. The number of oxazole rings is 1. The Labute approximate surface area is 158 Å². The Bertz CT molecular complexity index is 1040. The van der Waals surface area contributed by atoms with E-state index in [0.29, 0.717) is 16.3 Å². The lowest BCUT2D eigenvalue weighted by Crippen LogP contribution is -2.32. The molecule has 3 aromatic rings. The molecule has 4 rings (SSSR count). The highest BCUT2D eigenvalue weighted by Gasteiger charge is 2.20. The largest absolute Gasteiger partial charge is 0.434 e. The molecular formula is C17H14ClN5O4. The number of carbonyl (C=O) groups excluding carboxylic acids is 1. The van der Waals surface area contributed by atoms with Crippen LogP contribution in [-0.4, -0.2) is 38.9 Å². The van der Waals surface area contributed by atoms with Crippen molar-refractivity contribution >= 4 is 40.2 Å². The summed E-state index contributed by atoms with van der Waals surface area (Å²) in [6, 6.07) is 6.05. The molecule has 0 radical (unpaired) electrons. The van der Waals surface area contributed by atoms with E-state index in [1.54, 1.807) is 23.1 Å². The molecule has 0 spiro atoms. The molecule has 1 fully saturated rings. The number of likely N-dealkylation sites (tertiary alicyclic amines) is 1. The van der Waals surface area contributed by atoms with Crippen LogP contribution in [0.25, 0.3) is 22.7 Å². The molecule has 1 aliphatic heterocycles. The van der Waals surface area contributed by atoms with Gasteiger partial charge < -0.3 is 14.6 Å². The number of nitrogens with zero attached hydrogens (tertiary/aromatic N) is 4. The molecule has 138 valence electrons. The number of urea groups is 1. The Hall–Kier alpha value is -3.20. The number of rotatable bonds is 3. The zero-order chi connectivity index (χ0) is 19.0. The smallest absolute Gasteiger partial charge is 0.321 e. The van der Waals surface area contributed by atoms with Crippen LogP contribution in [0.3, 0.4) is 0 Å². The molecule has 2 amide bonds. The van der Waals surface area contributed by atoms with Crippen molar-refractivity contribution in [3.05, 3.63) is 45.6 Å². The number of fused-ring (bicyclic) bond motifs is 1. The molecule has 1 aromatic carbocycles. The summed E-state index contributed by atoms with van der Waals surface area (Å²) in [5, 5.41) is 14.1. The van der Waals surface area contributed by atoms with Gasteiger partial charge in [-0.05, 0) is 31.0 Å². The van der Waals surface area contributed by atoms with E-state index in [1.165, 1.54) is 6.07 Å². The summed E-state index contributed by atoms with van der Waals surface area (Å²) in [6.45, 7) is 1.48. The van der Waals surface area contributed by atoms with E-state index in [-0.39, 0.29) is 28.8 Å². The Balaban J connectivity index is 1.65. The van der Waals surface area contributed by atoms with Gasteiger partial charge in [0.1, 0.15) is 6.20 Å². The standard InChI is InChI=1S/C17H14ClN5O4/c18-13-4-3-10(20-17(24)22-5-1-2-6-22)7-12(13)16-21-15-14(27-16)8-11(9-19-15)23(25)26/h3-4,7-9H,1-2,5-6H2,(H,20,24). The number of aromatic nitrogens is 2. The van der Waals surface area contributed by atoms with Gasteiger partial charge in [0, 0.05) is 18.8 Å². The van der Waals surface area contributed by atoms with Crippen molar-refractivity contribution in [2.75, 3.05) is 18.4 Å². The monoisotopic (exact) mass is 387 g/mol. The highest BCUT2D eigenvalue weighted by atomic mass is 35.5. The van der Waals surface area contributed by atoms with Crippen molar-refractivity contribution in [1.82, 2.24) is 14.9 Å². The van der Waals surface area contributed by atoms with Gasteiger partial charge in [0.05, 0.1) is 21.6 Å². The summed E-state index contributed by atoms with van der Waals surface area (Å²) in [4.78, 5) is 32.5. The van der Waals surface area contributed by atoms with Crippen LogP contribution in [-0.2, 0) is 0 Å². The average Bonchev–Trinajstić information content (AvgIpc) is 3.32. The first-order valence-corrected chi connectivity index (χ1v) is 8.66. The van der Waals surface area contributed by atoms with E-state index in [1.807, 2.05) is 0 Å². The number of nitrogens with one attached hydrogen (secondary N) is 1. The molecule has 0 aliphatic carbocycles. The van der Waals surface area contributed by atoms with Crippen LogP contribution in [0, 0.1) is 10.1 Å². The summed E-state index contributed by atoms with van der Waals surface area (Å²) < 4.78 is 5.60. The molecule has 9 nitrogen and oxygen atoms in total. The van der Waals surface area contributed by atoms with E-state index in [9.17, 15) is 14.9 Å². The zero-order valence-electron chi connectivity index (χ0n) is 14.0. The van der Waals surface area contributed by atoms with Crippen molar-refractivity contribution in [3.8, 4) is 11.5 Å². The number of hydrogen-bond acceptors (Lipinski definition) is 6. The number of nitro groups is 1. The van der Waals surface area contributed by atoms with E-state index < -0.39 is 4.92 Å². The molecule has 0 bridgehead atoms. The normalized spacial score (nSPS) is 13.9. The van der Waals surface area contributed by atoms with Gasteiger partial charge in [-0.1, -0.05) is 11.6 Å². The molecule has 2 aromatic heterocycles. The van der Waals surface area contributed by atoms with E-state index in [2.05, 4.69) is 15.3 Å². The predicted octanol–water partition coefficient (Wildman–Crippen LogP) is 4.08. The number of amides is 2. The van der Waals surface area contributed by atoms with Crippen molar-refractivity contribution in [1.29, 1.82) is 0 Å². The second kappa shape index (κ2) is 6.84. The lowest BCUT2D eigenvalue weighted by molar-refractivity contribution is -0.385. The van der Waals surface area contributed by atoms with Crippen LogP contribution in [0.1, 0.15) is 12.8 Å². The van der Waals surface area contributed by atoms with Crippen LogP contribution in [0.15, 0.2) is 34.9 Å². The SMILES string of the molecule is O=C(Nc1ccc(Cl)c(-c2nc3ncc([N+](=O)[O-])cc3o2)c1)N1CCCC1. The average molecular weight is 388 g/mol. The predicted molar refractivity (Wildman–Crippen MR) is 98.7 cm³/mol. The van der Waals surface area contributed by atoms with Crippen molar-refractivity contribution in [2.24, 2.45) is 0 Å². The van der Waals surface area contributed by atoms with Crippen LogP contribution in [0.2, 0.25) is 5.02 Å². The fourth-order valence-electron chi connectivity index (χ4n) is 2.91. The third-order valence-corrected chi connectivity index (χ3v) is 4.61. The lowest BCUT2D eigenvalue weighted by Gasteiger charge is -2.16. The van der Waals surface area contributed by atoms with Gasteiger partial charge in [-0.2, -0.15) is 4.98 Å². The van der Waals surface area contributed by atoms with Gasteiger partial charge in [-0.3, -0.25) is 10.1 Å². The maximum atomic E-state index is 12.3. The Morgan fingerprint density at radius 3 is 2.81 bits per heavy atom. The summed E-state index contributed by atoms with van der Waals surface area (Å²) in [6.07, 6.45) is 3.12. The zero-order valence-corrected chi connectivity index (χ0v) is 14.8. The first-order chi connectivity index (χ1) is 13.0. The second-order valence-corrected chi connectivity index (χ2v) is 6.52. The molecule has 27 heavy (non-hydrogen) atoms. The Morgan fingerprint density at radius 2 is 2.07 bits per heavy atom. The first-order valence-electron chi connectivity index (χ1n) is 8.28. The molecule has 1 N–H and O–H groups in total. The maximum Gasteiger partial charge on any atom is 0.321 e. The number of benzene rings is 1. The van der Waals surface area contributed by atoms with Crippen molar-refractivity contribution in [2.45, 2.75) is 12.8 Å². The van der Waals surface area contributed by atoms with Crippen LogP contribution in [0.5, 0.6) is 0 Å². The number of pyridine rings is 1. The van der Waals surface area contributed by atoms with Gasteiger partial charge in [-0.15, -0.1) is 0 Å². The summed E-state index contributed by atoms with van der Waals surface area (Å²) in [5.74, 6) is 0.167. The molecule has 1 saturated heterocycles. The fourth-order valence-corrected chi connectivity index (χ4v) is 3.11. The highest BCUT2D eigenvalue weighted by molar-refractivity contribution is 6.33. The molecule has 0 atom stereocenters. The molecule has 0 saturated carbocycles.